The summed E-state index contributed by atoms with van der Waals surface area (Å²) in [5.41, 5.74) is 0.926. The SMILES string of the molecule is CNC(=O)[C@@H]1CN(Cc2ccc(F)cc2)CCN(S(C)(=O)=O)C1. The molecular formula is C15H22FN3O3S. The number of hydrogen-bond donors (Lipinski definition) is 1. The Morgan fingerprint density at radius 3 is 2.48 bits per heavy atom. The first-order valence-corrected chi connectivity index (χ1v) is 9.28. The summed E-state index contributed by atoms with van der Waals surface area (Å²) in [6.45, 7) is 2.05. The number of carbonyl (C=O) groups excluding carboxylic acids is 1. The molecule has 1 heterocycles. The fourth-order valence-corrected chi connectivity index (χ4v) is 3.58. The lowest BCUT2D eigenvalue weighted by atomic mass is 10.1. The number of sulfonamides is 1. The summed E-state index contributed by atoms with van der Waals surface area (Å²) in [5, 5.41) is 2.59. The summed E-state index contributed by atoms with van der Waals surface area (Å²) < 4.78 is 38.0. The maximum absolute atomic E-state index is 13.0. The molecule has 0 spiro atoms. The summed E-state index contributed by atoms with van der Waals surface area (Å²) in [7, 11) is -1.80. The number of carbonyl (C=O) groups is 1. The Morgan fingerprint density at radius 2 is 1.91 bits per heavy atom. The lowest BCUT2D eigenvalue weighted by molar-refractivity contribution is -0.125. The van der Waals surface area contributed by atoms with Crippen LogP contribution in [0.1, 0.15) is 5.56 Å². The molecule has 1 aromatic carbocycles. The van der Waals surface area contributed by atoms with Crippen LogP contribution in [0.2, 0.25) is 0 Å². The van der Waals surface area contributed by atoms with Crippen LogP contribution < -0.4 is 5.32 Å². The Morgan fingerprint density at radius 1 is 1.26 bits per heavy atom. The molecule has 1 saturated heterocycles. The number of nitrogens with zero attached hydrogens (tertiary/aromatic N) is 2. The molecular weight excluding hydrogens is 321 g/mol. The first kappa shape index (κ1) is 17.8. The van der Waals surface area contributed by atoms with Gasteiger partial charge in [-0.1, -0.05) is 12.1 Å². The van der Waals surface area contributed by atoms with Crippen molar-refractivity contribution in [2.45, 2.75) is 6.54 Å². The number of benzene rings is 1. The van der Waals surface area contributed by atoms with Crippen molar-refractivity contribution in [3.63, 3.8) is 0 Å². The molecule has 0 unspecified atom stereocenters. The zero-order valence-electron chi connectivity index (χ0n) is 13.3. The Labute approximate surface area is 136 Å². The maximum Gasteiger partial charge on any atom is 0.225 e. The summed E-state index contributed by atoms with van der Waals surface area (Å²) in [6, 6.07) is 6.19. The third-order valence-electron chi connectivity index (χ3n) is 3.97. The fourth-order valence-electron chi connectivity index (χ4n) is 2.71. The second kappa shape index (κ2) is 7.37. The van der Waals surface area contributed by atoms with Crippen LogP contribution in [-0.4, -0.2) is 63.0 Å². The van der Waals surface area contributed by atoms with E-state index in [1.165, 1.54) is 16.4 Å². The average molecular weight is 343 g/mol. The number of nitrogens with one attached hydrogen (secondary N) is 1. The van der Waals surface area contributed by atoms with Gasteiger partial charge in [-0.3, -0.25) is 9.69 Å². The van der Waals surface area contributed by atoms with Crippen LogP contribution in [-0.2, 0) is 21.4 Å². The monoisotopic (exact) mass is 343 g/mol. The lowest BCUT2D eigenvalue weighted by Crippen LogP contribution is -2.41. The van der Waals surface area contributed by atoms with E-state index in [1.54, 1.807) is 19.2 Å². The standard InChI is InChI=1S/C15H22FN3O3S/c1-17-15(20)13-10-18(7-8-19(11-13)23(2,21)22)9-12-3-5-14(16)6-4-12/h3-6,13H,7-11H2,1-2H3,(H,17,20)/t13-/m1/s1. The predicted octanol–water partition coefficient (Wildman–Crippen LogP) is 0.265. The highest BCUT2D eigenvalue weighted by molar-refractivity contribution is 7.88. The molecule has 1 fully saturated rings. The largest absolute Gasteiger partial charge is 0.359 e. The summed E-state index contributed by atoms with van der Waals surface area (Å²) in [5.74, 6) is -0.904. The van der Waals surface area contributed by atoms with E-state index in [0.29, 0.717) is 26.2 Å². The van der Waals surface area contributed by atoms with Gasteiger partial charge in [-0.05, 0) is 17.7 Å². The Bertz CT molecular complexity index is 648. The zero-order valence-corrected chi connectivity index (χ0v) is 14.1. The van der Waals surface area contributed by atoms with Gasteiger partial charge < -0.3 is 5.32 Å². The van der Waals surface area contributed by atoms with Crippen molar-refractivity contribution in [1.29, 1.82) is 0 Å². The molecule has 2 rings (SSSR count). The van der Waals surface area contributed by atoms with Crippen molar-refractivity contribution in [2.24, 2.45) is 5.92 Å². The van der Waals surface area contributed by atoms with Gasteiger partial charge in [0.1, 0.15) is 5.82 Å². The predicted molar refractivity (Wildman–Crippen MR) is 85.7 cm³/mol. The van der Waals surface area contributed by atoms with Gasteiger partial charge in [-0.25, -0.2) is 17.1 Å². The van der Waals surface area contributed by atoms with E-state index < -0.39 is 15.9 Å². The Balaban J connectivity index is 2.14. The smallest absolute Gasteiger partial charge is 0.225 e. The third kappa shape index (κ3) is 4.98. The molecule has 6 nitrogen and oxygen atoms in total. The van der Waals surface area contributed by atoms with Crippen LogP contribution in [0.4, 0.5) is 4.39 Å². The summed E-state index contributed by atoms with van der Waals surface area (Å²) in [4.78, 5) is 14.1. The molecule has 23 heavy (non-hydrogen) atoms. The van der Waals surface area contributed by atoms with Gasteiger partial charge in [0.25, 0.3) is 0 Å². The second-order valence-corrected chi connectivity index (χ2v) is 7.78. The minimum absolute atomic E-state index is 0.176. The summed E-state index contributed by atoms with van der Waals surface area (Å²) >= 11 is 0. The van der Waals surface area contributed by atoms with E-state index in [4.69, 9.17) is 0 Å². The van der Waals surface area contributed by atoms with Gasteiger partial charge in [0.15, 0.2) is 0 Å². The normalized spacial score (nSPS) is 20.9. The lowest BCUT2D eigenvalue weighted by Gasteiger charge is -2.23. The number of rotatable bonds is 4. The van der Waals surface area contributed by atoms with Crippen LogP contribution >= 0.6 is 0 Å². The molecule has 1 aliphatic heterocycles. The van der Waals surface area contributed by atoms with Crippen molar-refractivity contribution in [2.75, 3.05) is 39.5 Å². The molecule has 0 aliphatic carbocycles. The first-order valence-electron chi connectivity index (χ1n) is 7.43. The van der Waals surface area contributed by atoms with Crippen molar-refractivity contribution < 1.29 is 17.6 Å². The molecule has 128 valence electrons. The van der Waals surface area contributed by atoms with Crippen LogP contribution in [0.25, 0.3) is 0 Å². The molecule has 1 amide bonds. The van der Waals surface area contributed by atoms with E-state index in [-0.39, 0.29) is 18.3 Å². The van der Waals surface area contributed by atoms with Crippen molar-refractivity contribution >= 4 is 15.9 Å². The molecule has 0 saturated carbocycles. The molecule has 1 N–H and O–H groups in total. The molecule has 0 radical (unpaired) electrons. The molecule has 1 atom stereocenters. The van der Waals surface area contributed by atoms with E-state index in [2.05, 4.69) is 5.32 Å². The van der Waals surface area contributed by atoms with E-state index in [9.17, 15) is 17.6 Å². The summed E-state index contributed by atoms with van der Waals surface area (Å²) in [6.07, 6.45) is 1.16. The van der Waals surface area contributed by atoms with E-state index >= 15 is 0 Å². The molecule has 1 aromatic rings. The van der Waals surface area contributed by atoms with Crippen LogP contribution in [0.3, 0.4) is 0 Å². The minimum atomic E-state index is -3.35. The Kier molecular flexibility index (Phi) is 5.72. The van der Waals surface area contributed by atoms with E-state index in [0.717, 1.165) is 11.8 Å². The van der Waals surface area contributed by atoms with Crippen LogP contribution in [0.15, 0.2) is 24.3 Å². The number of amides is 1. The van der Waals surface area contributed by atoms with Crippen molar-refractivity contribution in [3.8, 4) is 0 Å². The zero-order chi connectivity index (χ0) is 17.0. The van der Waals surface area contributed by atoms with Gasteiger partial charge in [0.05, 0.1) is 12.2 Å². The Hall–Kier alpha value is -1.51. The average Bonchev–Trinajstić information content (AvgIpc) is 2.71. The van der Waals surface area contributed by atoms with Gasteiger partial charge in [-0.2, -0.15) is 0 Å². The number of halogens is 1. The van der Waals surface area contributed by atoms with Crippen molar-refractivity contribution in [1.82, 2.24) is 14.5 Å². The minimum Gasteiger partial charge on any atom is -0.359 e. The number of hydrogen-bond acceptors (Lipinski definition) is 4. The van der Waals surface area contributed by atoms with Crippen LogP contribution in [0.5, 0.6) is 0 Å². The topological polar surface area (TPSA) is 69.7 Å². The molecule has 1 aliphatic rings. The van der Waals surface area contributed by atoms with Gasteiger partial charge in [-0.15, -0.1) is 0 Å². The fraction of sp³-hybridized carbons (Fsp3) is 0.533. The third-order valence-corrected chi connectivity index (χ3v) is 5.24. The van der Waals surface area contributed by atoms with Crippen LogP contribution in [0, 0.1) is 11.7 Å². The highest BCUT2D eigenvalue weighted by Gasteiger charge is 2.31. The molecule has 0 aromatic heterocycles. The van der Waals surface area contributed by atoms with Gasteiger partial charge in [0.2, 0.25) is 15.9 Å². The van der Waals surface area contributed by atoms with E-state index in [1.807, 2.05) is 4.90 Å². The van der Waals surface area contributed by atoms with Crippen molar-refractivity contribution in [3.05, 3.63) is 35.6 Å². The molecule has 8 heteroatoms. The molecule has 0 bridgehead atoms. The van der Waals surface area contributed by atoms with Gasteiger partial charge in [0, 0.05) is 39.8 Å². The second-order valence-electron chi connectivity index (χ2n) is 5.79. The quantitative estimate of drug-likeness (QED) is 0.852. The van der Waals surface area contributed by atoms with Gasteiger partial charge >= 0.3 is 0 Å². The highest BCUT2D eigenvalue weighted by Crippen LogP contribution is 2.15. The highest BCUT2D eigenvalue weighted by atomic mass is 32.2. The maximum atomic E-state index is 13.0. The first-order chi connectivity index (χ1) is 10.8.